The third-order valence-electron chi connectivity index (χ3n) is 4.35. The normalized spacial score (nSPS) is 10.5. The van der Waals surface area contributed by atoms with Gasteiger partial charge in [0.05, 0.1) is 9.95 Å². The third-order valence-corrected chi connectivity index (χ3v) is 4.65. The number of halogens is 2. The Bertz CT molecular complexity index is 1110. The van der Waals surface area contributed by atoms with Gasteiger partial charge in [-0.3, -0.25) is 14.9 Å². The number of carbonyl (C=O) groups excluding carboxylic acids is 1. The van der Waals surface area contributed by atoms with Gasteiger partial charge < -0.3 is 15.2 Å². The van der Waals surface area contributed by atoms with Gasteiger partial charge in [-0.1, -0.05) is 48.0 Å². The summed E-state index contributed by atoms with van der Waals surface area (Å²) in [6, 6.07) is 15.8. The maximum atomic E-state index is 14.8. The lowest BCUT2D eigenvalue weighted by Gasteiger charge is -2.13. The molecular weight excluding hydrogens is 427 g/mol. The minimum atomic E-state index is -0.737. The zero-order valence-corrected chi connectivity index (χ0v) is 17.0. The van der Waals surface area contributed by atoms with Crippen LogP contribution in [0.4, 0.5) is 10.1 Å². The first-order chi connectivity index (χ1) is 14.8. The highest BCUT2D eigenvalue weighted by atomic mass is 35.5. The number of nitrogens with zero attached hydrogens (tertiary/aromatic N) is 1. The Kier molecular flexibility index (Phi) is 7.04. The van der Waals surface area contributed by atoms with Gasteiger partial charge in [-0.2, -0.15) is 0 Å². The molecule has 1 amide bonds. The van der Waals surface area contributed by atoms with Crippen molar-refractivity contribution in [2.75, 3.05) is 0 Å². The first-order valence-corrected chi connectivity index (χ1v) is 9.61. The average Bonchev–Trinajstić information content (AvgIpc) is 2.75. The fourth-order valence-electron chi connectivity index (χ4n) is 2.80. The molecule has 3 aromatic carbocycles. The van der Waals surface area contributed by atoms with Crippen LogP contribution in [0.5, 0.6) is 17.2 Å². The largest absolute Gasteiger partial charge is 0.482 e. The van der Waals surface area contributed by atoms with E-state index >= 15 is 0 Å². The maximum Gasteiger partial charge on any atom is 0.311 e. The maximum absolute atomic E-state index is 14.8. The van der Waals surface area contributed by atoms with Crippen LogP contribution in [-0.4, -0.2) is 10.8 Å². The van der Waals surface area contributed by atoms with Crippen molar-refractivity contribution < 1.29 is 23.6 Å². The molecule has 2 N–H and O–H groups in total. The van der Waals surface area contributed by atoms with E-state index in [1.54, 1.807) is 0 Å². The van der Waals surface area contributed by atoms with Crippen molar-refractivity contribution in [2.24, 2.45) is 5.73 Å². The van der Waals surface area contributed by atoms with Gasteiger partial charge in [0.25, 0.3) is 0 Å². The molecule has 0 saturated heterocycles. The van der Waals surface area contributed by atoms with Crippen LogP contribution in [0.1, 0.15) is 17.5 Å². The predicted octanol–water partition coefficient (Wildman–Crippen LogP) is 5.18. The van der Waals surface area contributed by atoms with Crippen molar-refractivity contribution in [2.45, 2.75) is 19.4 Å². The zero-order valence-electron chi connectivity index (χ0n) is 16.2. The number of hydrogen-bond acceptors (Lipinski definition) is 5. The van der Waals surface area contributed by atoms with Crippen LogP contribution in [0.2, 0.25) is 5.02 Å². The lowest BCUT2D eigenvalue weighted by Crippen LogP contribution is -2.11. The Morgan fingerprint density at radius 1 is 1.13 bits per heavy atom. The summed E-state index contributed by atoms with van der Waals surface area (Å²) in [6.07, 6.45) is 0.0490. The molecule has 0 heterocycles. The number of ether oxygens (including phenoxy) is 2. The SMILES string of the molecule is NC(=O)CCc1ccc(Cl)c(Oc2ccc([N+](=O)[O-])c(OCc3ccccc3)c2)c1F. The second-order valence-electron chi connectivity index (χ2n) is 6.58. The topological polar surface area (TPSA) is 105 Å². The predicted molar refractivity (Wildman–Crippen MR) is 113 cm³/mol. The molecule has 0 fully saturated rings. The van der Waals surface area contributed by atoms with Crippen LogP contribution in [-0.2, 0) is 17.8 Å². The lowest BCUT2D eigenvalue weighted by atomic mass is 10.1. The van der Waals surface area contributed by atoms with Crippen LogP contribution in [0.15, 0.2) is 60.7 Å². The summed E-state index contributed by atoms with van der Waals surface area (Å²) in [7, 11) is 0. The molecule has 7 nitrogen and oxygen atoms in total. The molecule has 0 bridgehead atoms. The van der Waals surface area contributed by atoms with E-state index in [-0.39, 0.29) is 53.0 Å². The molecule has 0 aliphatic rings. The number of benzene rings is 3. The van der Waals surface area contributed by atoms with Gasteiger partial charge in [-0.05, 0) is 29.7 Å². The molecule has 0 spiro atoms. The first kappa shape index (κ1) is 22.0. The van der Waals surface area contributed by atoms with Gasteiger partial charge >= 0.3 is 5.69 Å². The van der Waals surface area contributed by atoms with Crippen LogP contribution < -0.4 is 15.2 Å². The number of nitro benzene ring substituents is 1. The van der Waals surface area contributed by atoms with Crippen molar-refractivity contribution >= 4 is 23.2 Å². The summed E-state index contributed by atoms with van der Waals surface area (Å²) in [6.45, 7) is 0.100. The molecular formula is C22H18ClFN2O5. The number of hydrogen-bond donors (Lipinski definition) is 1. The minimum Gasteiger partial charge on any atom is -0.482 e. The molecule has 0 aromatic heterocycles. The van der Waals surface area contributed by atoms with E-state index in [9.17, 15) is 19.3 Å². The van der Waals surface area contributed by atoms with Gasteiger partial charge in [0.15, 0.2) is 11.6 Å². The van der Waals surface area contributed by atoms with Crippen LogP contribution in [0, 0.1) is 15.9 Å². The number of carbonyl (C=O) groups is 1. The molecule has 0 aliphatic carbocycles. The first-order valence-electron chi connectivity index (χ1n) is 9.23. The smallest absolute Gasteiger partial charge is 0.311 e. The van der Waals surface area contributed by atoms with Gasteiger partial charge in [-0.25, -0.2) is 4.39 Å². The van der Waals surface area contributed by atoms with Crippen LogP contribution in [0.25, 0.3) is 0 Å². The van der Waals surface area contributed by atoms with Crippen molar-refractivity contribution in [1.82, 2.24) is 0 Å². The Labute approximate surface area is 182 Å². The van der Waals surface area contributed by atoms with Crippen molar-refractivity contribution in [3.05, 3.63) is 92.7 Å². The summed E-state index contributed by atoms with van der Waals surface area (Å²) in [4.78, 5) is 21.8. The second kappa shape index (κ2) is 9.90. The number of primary amides is 1. The fourth-order valence-corrected chi connectivity index (χ4v) is 2.98. The van der Waals surface area contributed by atoms with Gasteiger partial charge in [-0.15, -0.1) is 0 Å². The Morgan fingerprint density at radius 3 is 2.55 bits per heavy atom. The lowest BCUT2D eigenvalue weighted by molar-refractivity contribution is -0.386. The van der Waals surface area contributed by atoms with Gasteiger partial charge in [0, 0.05) is 18.6 Å². The molecule has 3 rings (SSSR count). The summed E-state index contributed by atoms with van der Waals surface area (Å²) in [5.41, 5.74) is 5.89. The van der Waals surface area contributed by atoms with Crippen molar-refractivity contribution in [1.29, 1.82) is 0 Å². The summed E-state index contributed by atoms with van der Waals surface area (Å²) < 4.78 is 26.0. The highest BCUT2D eigenvalue weighted by Gasteiger charge is 2.20. The number of nitro groups is 1. The van der Waals surface area contributed by atoms with Crippen molar-refractivity contribution in [3.8, 4) is 17.2 Å². The summed E-state index contributed by atoms with van der Waals surface area (Å²) in [5, 5.41) is 11.4. The molecule has 0 unspecified atom stereocenters. The number of aryl methyl sites for hydroxylation is 1. The fraction of sp³-hybridized carbons (Fsp3) is 0.136. The van der Waals surface area contributed by atoms with E-state index in [0.717, 1.165) is 5.56 Å². The van der Waals surface area contributed by atoms with Crippen LogP contribution >= 0.6 is 11.6 Å². The van der Waals surface area contributed by atoms with E-state index in [1.807, 2.05) is 30.3 Å². The summed E-state index contributed by atoms with van der Waals surface area (Å²) >= 11 is 6.08. The molecule has 160 valence electrons. The van der Waals surface area contributed by atoms with Gasteiger partial charge in [0.2, 0.25) is 11.7 Å². The van der Waals surface area contributed by atoms with Gasteiger partial charge in [0.1, 0.15) is 12.4 Å². The van der Waals surface area contributed by atoms with E-state index in [4.69, 9.17) is 26.8 Å². The Balaban J connectivity index is 1.87. The number of nitrogens with two attached hydrogens (primary N) is 1. The Morgan fingerprint density at radius 2 is 1.87 bits per heavy atom. The number of amides is 1. The number of rotatable bonds is 9. The molecule has 0 saturated carbocycles. The van der Waals surface area contributed by atoms with E-state index in [2.05, 4.69) is 0 Å². The third kappa shape index (κ3) is 5.70. The quantitative estimate of drug-likeness (QED) is 0.362. The Hall–Kier alpha value is -3.65. The standard InChI is InChI=1S/C22H18ClFN2O5/c23-17-9-6-15(7-11-20(25)27)21(24)22(17)31-16-8-10-18(26(28)29)19(12-16)30-13-14-4-2-1-3-5-14/h1-6,8-10,12H,7,11,13H2,(H2,25,27). The van der Waals surface area contributed by atoms with Crippen molar-refractivity contribution in [3.63, 3.8) is 0 Å². The van der Waals surface area contributed by atoms with Crippen LogP contribution in [0.3, 0.4) is 0 Å². The molecule has 3 aromatic rings. The molecule has 0 aliphatic heterocycles. The molecule has 0 atom stereocenters. The van der Waals surface area contributed by atoms with E-state index in [1.165, 1.54) is 30.3 Å². The highest BCUT2D eigenvalue weighted by Crippen LogP contribution is 2.38. The second-order valence-corrected chi connectivity index (χ2v) is 6.99. The molecule has 31 heavy (non-hydrogen) atoms. The molecule has 0 radical (unpaired) electrons. The van der Waals surface area contributed by atoms with E-state index < -0.39 is 16.6 Å². The van der Waals surface area contributed by atoms with E-state index in [0.29, 0.717) is 0 Å². The zero-order chi connectivity index (χ0) is 22.4. The average molecular weight is 445 g/mol. The summed E-state index contributed by atoms with van der Waals surface area (Å²) in [5.74, 6) is -1.49. The molecule has 9 heteroatoms. The monoisotopic (exact) mass is 444 g/mol. The highest BCUT2D eigenvalue weighted by molar-refractivity contribution is 6.32. The minimum absolute atomic E-state index is 0.00503.